The number of oxazole rings is 1. The van der Waals surface area contributed by atoms with Gasteiger partial charge in [0.25, 0.3) is 0 Å². The van der Waals surface area contributed by atoms with E-state index in [1.807, 2.05) is 60.7 Å². The predicted octanol–water partition coefficient (Wildman–Crippen LogP) is 12.6. The molecule has 53 heavy (non-hydrogen) atoms. The minimum atomic E-state index is 0.578. The lowest BCUT2D eigenvalue weighted by Gasteiger charge is -2.09. The Morgan fingerprint density at radius 2 is 1.04 bits per heavy atom. The van der Waals surface area contributed by atoms with Crippen molar-refractivity contribution >= 4 is 64.5 Å². The molecule has 7 aromatic carbocycles. The van der Waals surface area contributed by atoms with Crippen LogP contribution in [-0.4, -0.2) is 19.9 Å². The van der Waals surface area contributed by atoms with Crippen LogP contribution < -0.4 is 0 Å². The molecular formula is C46H26N4O2S. The normalized spacial score (nSPS) is 11.8. The first kappa shape index (κ1) is 29.7. The molecule has 0 aliphatic rings. The molecule has 0 amide bonds. The maximum atomic E-state index is 6.35. The largest absolute Gasteiger partial charge is 0.456 e. The Morgan fingerprint density at radius 3 is 1.87 bits per heavy atom. The molecule has 4 heterocycles. The van der Waals surface area contributed by atoms with E-state index in [-0.39, 0.29) is 0 Å². The Hall–Kier alpha value is -6.96. The minimum Gasteiger partial charge on any atom is -0.456 e. The Bertz CT molecular complexity index is 3160. The second kappa shape index (κ2) is 11.8. The van der Waals surface area contributed by atoms with Crippen LogP contribution >= 0.6 is 11.3 Å². The van der Waals surface area contributed by atoms with Crippen LogP contribution in [-0.2, 0) is 0 Å². The summed E-state index contributed by atoms with van der Waals surface area (Å²) in [5, 5.41) is 4.30. The van der Waals surface area contributed by atoms with E-state index in [0.717, 1.165) is 81.0 Å². The monoisotopic (exact) mass is 698 g/mol. The summed E-state index contributed by atoms with van der Waals surface area (Å²) in [6.07, 6.45) is 0. The average Bonchev–Trinajstić information content (AvgIpc) is 3.93. The number of nitrogens with zero attached hydrogens (tertiary/aromatic N) is 4. The van der Waals surface area contributed by atoms with Crippen molar-refractivity contribution < 1.29 is 8.83 Å². The molecule has 11 rings (SSSR count). The lowest BCUT2D eigenvalue weighted by Crippen LogP contribution is -2.00. The Labute approximate surface area is 306 Å². The molecule has 0 saturated carbocycles. The number of hydrogen-bond acceptors (Lipinski definition) is 7. The van der Waals surface area contributed by atoms with E-state index in [9.17, 15) is 0 Å². The molecule has 0 aliphatic carbocycles. The van der Waals surface area contributed by atoms with Crippen LogP contribution in [0.5, 0.6) is 0 Å². The maximum absolute atomic E-state index is 6.35. The van der Waals surface area contributed by atoms with Crippen molar-refractivity contribution in [2.24, 2.45) is 0 Å². The van der Waals surface area contributed by atoms with E-state index in [1.165, 1.54) is 5.56 Å². The molecule has 4 aromatic heterocycles. The molecule has 0 N–H and O–H groups in total. The van der Waals surface area contributed by atoms with Gasteiger partial charge in [0.05, 0.1) is 0 Å². The Kier molecular flexibility index (Phi) is 6.62. The number of furan rings is 1. The van der Waals surface area contributed by atoms with Crippen molar-refractivity contribution in [1.82, 2.24) is 19.9 Å². The summed E-state index contributed by atoms with van der Waals surface area (Å²) in [4.78, 5) is 20.2. The van der Waals surface area contributed by atoms with Crippen LogP contribution in [0.25, 0.3) is 110 Å². The Balaban J connectivity index is 1.05. The molecule has 0 fully saturated rings. The predicted molar refractivity (Wildman–Crippen MR) is 215 cm³/mol. The third kappa shape index (κ3) is 5.01. The maximum Gasteiger partial charge on any atom is 0.227 e. The molecular weight excluding hydrogens is 673 g/mol. The van der Waals surface area contributed by atoms with Crippen molar-refractivity contribution in [3.05, 3.63) is 158 Å². The molecule has 0 saturated heterocycles. The quantitative estimate of drug-likeness (QED) is 0.178. The van der Waals surface area contributed by atoms with Gasteiger partial charge in [-0.1, -0.05) is 109 Å². The first-order valence-corrected chi connectivity index (χ1v) is 18.2. The van der Waals surface area contributed by atoms with Crippen LogP contribution in [0.3, 0.4) is 0 Å². The fourth-order valence-electron chi connectivity index (χ4n) is 7.20. The lowest BCUT2D eigenvalue weighted by molar-refractivity contribution is 0.620. The minimum absolute atomic E-state index is 0.578. The van der Waals surface area contributed by atoms with Crippen LogP contribution in [0.4, 0.5) is 0 Å². The van der Waals surface area contributed by atoms with Crippen LogP contribution in [0.1, 0.15) is 0 Å². The highest BCUT2D eigenvalue weighted by Gasteiger charge is 2.19. The summed E-state index contributed by atoms with van der Waals surface area (Å²) in [6.45, 7) is 0. The van der Waals surface area contributed by atoms with Gasteiger partial charge in [-0.3, -0.25) is 0 Å². The van der Waals surface area contributed by atoms with Gasteiger partial charge in [-0.05, 0) is 53.6 Å². The average molecular weight is 699 g/mol. The zero-order valence-electron chi connectivity index (χ0n) is 28.0. The second-order valence-electron chi connectivity index (χ2n) is 13.0. The smallest absolute Gasteiger partial charge is 0.227 e. The standard InChI is InChI=1S/C46H26N4O2S/c1-3-10-27(11-4-1)28-18-20-30(21-19-28)46-47-36-25-35-41(26-39(36)52-46)53-40-17-9-15-34(42(35)40)45-49-43(29-12-5-2-6-13-29)48-44(50-45)31-22-23-33-32-14-7-8-16-37(32)51-38(33)24-31/h1-26H. The fraction of sp³-hybridized carbons (Fsp3) is 0. The summed E-state index contributed by atoms with van der Waals surface area (Å²) in [6, 6.07) is 53.6. The zero-order chi connectivity index (χ0) is 34.9. The lowest BCUT2D eigenvalue weighted by atomic mass is 10.0. The third-order valence-corrected chi connectivity index (χ3v) is 10.9. The molecule has 0 bridgehead atoms. The number of hydrogen-bond donors (Lipinski definition) is 0. The fourth-order valence-corrected chi connectivity index (χ4v) is 8.34. The molecule has 0 unspecified atom stereocenters. The molecule has 0 radical (unpaired) electrons. The first-order chi connectivity index (χ1) is 26.2. The molecule has 7 heteroatoms. The summed E-state index contributed by atoms with van der Waals surface area (Å²) < 4.78 is 14.8. The number of aromatic nitrogens is 4. The molecule has 11 aromatic rings. The number of para-hydroxylation sites is 1. The van der Waals surface area contributed by atoms with E-state index in [4.69, 9.17) is 28.8 Å². The summed E-state index contributed by atoms with van der Waals surface area (Å²) in [7, 11) is 0. The number of fused-ring (bicyclic) bond motifs is 7. The number of rotatable bonds is 5. The molecule has 0 spiro atoms. The van der Waals surface area contributed by atoms with E-state index >= 15 is 0 Å². The van der Waals surface area contributed by atoms with Crippen molar-refractivity contribution in [1.29, 1.82) is 0 Å². The van der Waals surface area contributed by atoms with Gasteiger partial charge in [0.2, 0.25) is 5.89 Å². The van der Waals surface area contributed by atoms with E-state index in [0.29, 0.717) is 23.4 Å². The van der Waals surface area contributed by atoms with Gasteiger partial charge in [-0.25, -0.2) is 19.9 Å². The highest BCUT2D eigenvalue weighted by Crippen LogP contribution is 2.42. The number of thiophene rings is 1. The van der Waals surface area contributed by atoms with Gasteiger partial charge in [0.1, 0.15) is 16.7 Å². The molecule has 6 nitrogen and oxygen atoms in total. The zero-order valence-corrected chi connectivity index (χ0v) is 28.8. The first-order valence-electron chi connectivity index (χ1n) is 17.4. The van der Waals surface area contributed by atoms with Crippen molar-refractivity contribution in [2.75, 3.05) is 0 Å². The van der Waals surface area contributed by atoms with Crippen LogP contribution in [0, 0.1) is 0 Å². The second-order valence-corrected chi connectivity index (χ2v) is 14.1. The van der Waals surface area contributed by atoms with Gasteiger partial charge in [0, 0.05) is 59.3 Å². The summed E-state index contributed by atoms with van der Waals surface area (Å²) in [5.41, 5.74) is 9.15. The van der Waals surface area contributed by atoms with Crippen molar-refractivity contribution in [2.45, 2.75) is 0 Å². The highest BCUT2D eigenvalue weighted by molar-refractivity contribution is 7.26. The molecule has 0 atom stereocenters. The molecule has 0 aliphatic heterocycles. The summed E-state index contributed by atoms with van der Waals surface area (Å²) in [5.74, 6) is 2.38. The third-order valence-electron chi connectivity index (χ3n) is 9.79. The number of benzene rings is 7. The van der Waals surface area contributed by atoms with Gasteiger partial charge in [-0.2, -0.15) is 0 Å². The molecule has 248 valence electrons. The van der Waals surface area contributed by atoms with E-state index in [2.05, 4.69) is 97.1 Å². The van der Waals surface area contributed by atoms with Crippen LogP contribution in [0.15, 0.2) is 167 Å². The van der Waals surface area contributed by atoms with E-state index in [1.54, 1.807) is 11.3 Å². The van der Waals surface area contributed by atoms with E-state index < -0.39 is 0 Å². The van der Waals surface area contributed by atoms with Gasteiger partial charge in [-0.15, -0.1) is 11.3 Å². The van der Waals surface area contributed by atoms with Crippen LogP contribution in [0.2, 0.25) is 0 Å². The van der Waals surface area contributed by atoms with Crippen molar-refractivity contribution in [3.8, 4) is 56.7 Å². The van der Waals surface area contributed by atoms with Gasteiger partial charge < -0.3 is 8.83 Å². The summed E-state index contributed by atoms with van der Waals surface area (Å²) >= 11 is 1.72. The van der Waals surface area contributed by atoms with Gasteiger partial charge >= 0.3 is 0 Å². The van der Waals surface area contributed by atoms with Crippen molar-refractivity contribution in [3.63, 3.8) is 0 Å². The van der Waals surface area contributed by atoms with Gasteiger partial charge in [0.15, 0.2) is 23.1 Å². The highest BCUT2D eigenvalue weighted by atomic mass is 32.1. The SMILES string of the molecule is c1ccc(-c2ccc(-c3nc4cc5c(cc4o3)sc3cccc(-c4nc(-c6ccccc6)nc(-c6ccc7c(c6)oc6ccccc67)n4)c35)cc2)cc1. The Morgan fingerprint density at radius 1 is 0.377 bits per heavy atom. The topological polar surface area (TPSA) is 77.8 Å².